The zero-order valence-electron chi connectivity index (χ0n) is 9.00. The minimum atomic E-state index is -4.77. The van der Waals surface area contributed by atoms with Crippen LogP contribution in [-0.2, 0) is 10.0 Å². The molecule has 1 N–H and O–H groups in total. The Kier molecular flexibility index (Phi) is 3.56. The second kappa shape index (κ2) is 4.44. The van der Waals surface area contributed by atoms with Crippen LogP contribution in [0.4, 0.5) is 18.9 Å². The fraction of sp³-hybridized carbons (Fsp3) is 0.333. The van der Waals surface area contributed by atoms with Gasteiger partial charge in [0.05, 0.1) is 11.9 Å². The molecule has 17 heavy (non-hydrogen) atoms. The third-order valence-electron chi connectivity index (χ3n) is 1.73. The van der Waals surface area contributed by atoms with E-state index in [0.717, 1.165) is 18.4 Å². The molecule has 0 heterocycles. The first kappa shape index (κ1) is 13.6. The molecule has 8 heteroatoms. The Bertz CT molecular complexity index is 511. The fourth-order valence-corrected chi connectivity index (χ4v) is 1.78. The van der Waals surface area contributed by atoms with Crippen LogP contribution in [0.2, 0.25) is 0 Å². The summed E-state index contributed by atoms with van der Waals surface area (Å²) in [6, 6.07) is 3.34. The number of benzene rings is 1. The fourth-order valence-electron chi connectivity index (χ4n) is 1.15. The van der Waals surface area contributed by atoms with Gasteiger partial charge in [-0.3, -0.25) is 4.72 Å². The van der Waals surface area contributed by atoms with Crippen LogP contribution in [0.5, 0.6) is 5.75 Å². The molecule has 0 fully saturated rings. The van der Waals surface area contributed by atoms with Crippen molar-refractivity contribution in [3.05, 3.63) is 23.8 Å². The molecule has 0 amide bonds. The number of halogens is 3. The molecule has 0 unspecified atom stereocenters. The first-order chi connectivity index (χ1) is 7.57. The van der Waals surface area contributed by atoms with Gasteiger partial charge in [0.25, 0.3) is 0 Å². The van der Waals surface area contributed by atoms with Gasteiger partial charge in [0, 0.05) is 0 Å². The van der Waals surface area contributed by atoms with Crippen LogP contribution in [0.15, 0.2) is 18.2 Å². The van der Waals surface area contributed by atoms with Crippen molar-refractivity contribution in [3.63, 3.8) is 0 Å². The summed E-state index contributed by atoms with van der Waals surface area (Å²) in [6.45, 7) is 1.47. The van der Waals surface area contributed by atoms with Crippen molar-refractivity contribution in [1.29, 1.82) is 0 Å². The summed E-state index contributed by atoms with van der Waals surface area (Å²) in [5, 5.41) is 0. The second-order valence-corrected chi connectivity index (χ2v) is 5.15. The van der Waals surface area contributed by atoms with Gasteiger partial charge < -0.3 is 4.74 Å². The van der Waals surface area contributed by atoms with E-state index < -0.39 is 22.1 Å². The summed E-state index contributed by atoms with van der Waals surface area (Å²) in [6.07, 6.45) is -3.81. The van der Waals surface area contributed by atoms with Crippen LogP contribution >= 0.6 is 0 Å². The Balaban J connectivity index is 2.94. The van der Waals surface area contributed by atoms with E-state index in [-0.39, 0.29) is 5.69 Å². The lowest BCUT2D eigenvalue weighted by atomic mass is 10.2. The van der Waals surface area contributed by atoms with E-state index >= 15 is 0 Å². The molecular weight excluding hydrogens is 259 g/mol. The SMILES string of the molecule is Cc1cc(OC(F)(F)F)ccc1NS(C)(=O)=O. The minimum absolute atomic E-state index is 0.210. The lowest BCUT2D eigenvalue weighted by molar-refractivity contribution is -0.274. The van der Waals surface area contributed by atoms with Gasteiger partial charge in [-0.25, -0.2) is 8.42 Å². The number of hydrogen-bond acceptors (Lipinski definition) is 3. The molecule has 0 spiro atoms. The molecule has 0 aromatic heterocycles. The van der Waals surface area contributed by atoms with Gasteiger partial charge in [-0.1, -0.05) is 0 Å². The average molecular weight is 269 g/mol. The van der Waals surface area contributed by atoms with Crippen molar-refractivity contribution < 1.29 is 26.3 Å². The van der Waals surface area contributed by atoms with Crippen LogP contribution in [0.25, 0.3) is 0 Å². The summed E-state index contributed by atoms with van der Waals surface area (Å²) in [4.78, 5) is 0. The van der Waals surface area contributed by atoms with Crippen molar-refractivity contribution in [2.24, 2.45) is 0 Å². The lowest BCUT2D eigenvalue weighted by Crippen LogP contribution is -2.17. The maximum Gasteiger partial charge on any atom is 0.573 e. The Morgan fingerprint density at radius 3 is 2.29 bits per heavy atom. The largest absolute Gasteiger partial charge is 0.573 e. The first-order valence-corrected chi connectivity index (χ1v) is 6.30. The zero-order chi connectivity index (χ0) is 13.3. The van der Waals surface area contributed by atoms with E-state index in [2.05, 4.69) is 9.46 Å². The van der Waals surface area contributed by atoms with E-state index in [9.17, 15) is 21.6 Å². The van der Waals surface area contributed by atoms with E-state index in [0.29, 0.717) is 5.56 Å². The van der Waals surface area contributed by atoms with E-state index in [1.54, 1.807) is 0 Å². The Labute approximate surface area is 96.4 Å². The molecule has 1 rings (SSSR count). The van der Waals surface area contributed by atoms with Crippen molar-refractivity contribution in [2.45, 2.75) is 13.3 Å². The zero-order valence-corrected chi connectivity index (χ0v) is 9.82. The molecule has 0 atom stereocenters. The predicted octanol–water partition coefficient (Wildman–Crippen LogP) is 2.27. The molecule has 1 aromatic rings. The summed E-state index contributed by atoms with van der Waals surface area (Å²) in [5.74, 6) is -0.394. The van der Waals surface area contributed by atoms with Crippen LogP contribution in [0.3, 0.4) is 0 Å². The van der Waals surface area contributed by atoms with Crippen molar-refractivity contribution >= 4 is 15.7 Å². The second-order valence-electron chi connectivity index (χ2n) is 3.40. The molecule has 4 nitrogen and oxygen atoms in total. The van der Waals surface area contributed by atoms with Crippen LogP contribution in [-0.4, -0.2) is 21.0 Å². The highest BCUT2D eigenvalue weighted by atomic mass is 32.2. The summed E-state index contributed by atoms with van der Waals surface area (Å²) in [5.41, 5.74) is 0.541. The normalized spacial score (nSPS) is 12.3. The highest BCUT2D eigenvalue weighted by molar-refractivity contribution is 7.92. The number of aryl methyl sites for hydroxylation is 1. The summed E-state index contributed by atoms with van der Waals surface area (Å²) >= 11 is 0. The molecule has 0 bridgehead atoms. The number of sulfonamides is 1. The van der Waals surface area contributed by atoms with Gasteiger partial charge in [0.1, 0.15) is 5.75 Å². The van der Waals surface area contributed by atoms with Gasteiger partial charge >= 0.3 is 6.36 Å². The Hall–Kier alpha value is -1.44. The first-order valence-electron chi connectivity index (χ1n) is 4.41. The summed E-state index contributed by atoms with van der Waals surface area (Å²) < 4.78 is 63.5. The number of ether oxygens (including phenoxy) is 1. The molecule has 0 saturated heterocycles. The number of nitrogens with one attached hydrogen (secondary N) is 1. The molecular formula is C9H10F3NO3S. The van der Waals surface area contributed by atoms with Crippen molar-refractivity contribution in [3.8, 4) is 5.75 Å². The summed E-state index contributed by atoms with van der Waals surface area (Å²) in [7, 11) is -3.46. The van der Waals surface area contributed by atoms with Crippen LogP contribution in [0, 0.1) is 6.92 Å². The molecule has 0 radical (unpaired) electrons. The number of rotatable bonds is 3. The van der Waals surface area contributed by atoms with Crippen molar-refractivity contribution in [1.82, 2.24) is 0 Å². The third-order valence-corrected chi connectivity index (χ3v) is 2.32. The Morgan fingerprint density at radius 2 is 1.88 bits per heavy atom. The third kappa shape index (κ3) is 4.94. The monoisotopic (exact) mass is 269 g/mol. The standard InChI is InChI=1S/C9H10F3NO3S/c1-6-5-7(16-9(10,11)12)3-4-8(6)13-17(2,14)15/h3-5,13H,1-2H3. The number of hydrogen-bond donors (Lipinski definition) is 1. The molecule has 0 saturated carbocycles. The molecule has 1 aromatic carbocycles. The number of alkyl halides is 3. The topological polar surface area (TPSA) is 55.4 Å². The van der Waals surface area contributed by atoms with Crippen molar-refractivity contribution in [2.75, 3.05) is 11.0 Å². The van der Waals surface area contributed by atoms with Gasteiger partial charge in [0.15, 0.2) is 0 Å². The maximum absolute atomic E-state index is 11.9. The molecule has 0 aliphatic heterocycles. The van der Waals surface area contributed by atoms with E-state index in [1.165, 1.54) is 13.0 Å². The average Bonchev–Trinajstić information content (AvgIpc) is 2.05. The van der Waals surface area contributed by atoms with Gasteiger partial charge in [-0.15, -0.1) is 13.2 Å². The van der Waals surface area contributed by atoms with Gasteiger partial charge in [-0.2, -0.15) is 0 Å². The van der Waals surface area contributed by atoms with Gasteiger partial charge in [-0.05, 0) is 30.7 Å². The molecule has 0 aliphatic rings. The maximum atomic E-state index is 11.9. The van der Waals surface area contributed by atoms with Gasteiger partial charge in [0.2, 0.25) is 10.0 Å². The van der Waals surface area contributed by atoms with E-state index in [4.69, 9.17) is 0 Å². The van der Waals surface area contributed by atoms with Crippen LogP contribution in [0.1, 0.15) is 5.56 Å². The molecule has 0 aliphatic carbocycles. The highest BCUT2D eigenvalue weighted by Gasteiger charge is 2.31. The number of anilines is 1. The minimum Gasteiger partial charge on any atom is -0.406 e. The predicted molar refractivity (Wildman–Crippen MR) is 56.3 cm³/mol. The van der Waals surface area contributed by atoms with Crippen LogP contribution < -0.4 is 9.46 Å². The lowest BCUT2D eigenvalue weighted by Gasteiger charge is -2.12. The highest BCUT2D eigenvalue weighted by Crippen LogP contribution is 2.27. The smallest absolute Gasteiger partial charge is 0.406 e. The molecule has 96 valence electrons. The Morgan fingerprint density at radius 1 is 1.29 bits per heavy atom. The van der Waals surface area contributed by atoms with E-state index in [1.807, 2.05) is 0 Å². The quantitative estimate of drug-likeness (QED) is 0.915.